The van der Waals surface area contributed by atoms with E-state index >= 15 is 0 Å². The summed E-state index contributed by atoms with van der Waals surface area (Å²) < 4.78 is 10.6. The largest absolute Gasteiger partial charge is 0.493 e. The fourth-order valence-electron chi connectivity index (χ4n) is 2.40. The van der Waals surface area contributed by atoms with E-state index in [9.17, 15) is 0 Å². The maximum absolute atomic E-state index is 5.59. The molecular weight excluding hydrogens is 242 g/mol. The Labute approximate surface area is 114 Å². The second-order valence-corrected chi connectivity index (χ2v) is 4.61. The lowest BCUT2D eigenvalue weighted by molar-refractivity contribution is 0.288. The first-order valence-electron chi connectivity index (χ1n) is 6.40. The van der Waals surface area contributed by atoms with Gasteiger partial charge in [0.15, 0.2) is 11.5 Å². The molecule has 1 aromatic rings. The minimum absolute atomic E-state index is 0.251. The molecule has 0 aromatic heterocycles. The Hall–Kier alpha value is -1.75. The summed E-state index contributed by atoms with van der Waals surface area (Å²) in [5.74, 6) is 1.50. The lowest BCUT2D eigenvalue weighted by atomic mass is 10.0. The maximum Gasteiger partial charge on any atom is 0.161 e. The van der Waals surface area contributed by atoms with E-state index in [1.807, 2.05) is 24.2 Å². The van der Waals surface area contributed by atoms with E-state index in [2.05, 4.69) is 11.2 Å². The Balaban J connectivity index is 2.19. The van der Waals surface area contributed by atoms with Crippen molar-refractivity contribution in [2.75, 3.05) is 27.8 Å². The highest BCUT2D eigenvalue weighted by atomic mass is 16.5. The predicted molar refractivity (Wildman–Crippen MR) is 75.8 cm³/mol. The monoisotopic (exact) mass is 263 g/mol. The summed E-state index contributed by atoms with van der Waals surface area (Å²) in [5.41, 5.74) is 7.92. The van der Waals surface area contributed by atoms with Crippen molar-refractivity contribution in [1.82, 2.24) is 5.01 Å². The first-order chi connectivity index (χ1) is 9.19. The highest BCUT2D eigenvalue weighted by Gasteiger charge is 2.25. The number of ether oxygens (including phenoxy) is 2. The van der Waals surface area contributed by atoms with Gasteiger partial charge in [0.1, 0.15) is 0 Å². The molecular formula is C14H21N3O2. The van der Waals surface area contributed by atoms with Gasteiger partial charge >= 0.3 is 0 Å². The molecule has 0 aliphatic carbocycles. The molecule has 2 N–H and O–H groups in total. The van der Waals surface area contributed by atoms with E-state index in [-0.39, 0.29) is 6.04 Å². The zero-order valence-corrected chi connectivity index (χ0v) is 11.7. The van der Waals surface area contributed by atoms with E-state index < -0.39 is 0 Å². The molecule has 0 spiro atoms. The lowest BCUT2D eigenvalue weighted by Gasteiger charge is -2.20. The van der Waals surface area contributed by atoms with Gasteiger partial charge in [0.25, 0.3) is 0 Å². The van der Waals surface area contributed by atoms with Crippen LogP contribution >= 0.6 is 0 Å². The molecule has 1 atom stereocenters. The molecule has 0 fully saturated rings. The van der Waals surface area contributed by atoms with E-state index in [0.29, 0.717) is 6.54 Å². The van der Waals surface area contributed by atoms with Gasteiger partial charge in [-0.05, 0) is 30.7 Å². The van der Waals surface area contributed by atoms with Crippen LogP contribution in [0.1, 0.15) is 24.4 Å². The van der Waals surface area contributed by atoms with Gasteiger partial charge in [-0.3, -0.25) is 5.01 Å². The van der Waals surface area contributed by atoms with Crippen LogP contribution in [0.4, 0.5) is 0 Å². The second-order valence-electron chi connectivity index (χ2n) is 4.61. The Kier molecular flexibility index (Phi) is 4.27. The van der Waals surface area contributed by atoms with Crippen LogP contribution < -0.4 is 15.2 Å². The molecule has 0 saturated heterocycles. The molecule has 104 valence electrons. The molecule has 19 heavy (non-hydrogen) atoms. The molecule has 0 radical (unpaired) electrons. The number of hydrazone groups is 1. The third-order valence-electron chi connectivity index (χ3n) is 3.40. The number of benzene rings is 1. The number of methoxy groups -OCH3 is 2. The zero-order valence-electron chi connectivity index (χ0n) is 11.7. The van der Waals surface area contributed by atoms with Gasteiger partial charge in [-0.15, -0.1) is 0 Å². The van der Waals surface area contributed by atoms with Gasteiger partial charge in [-0.1, -0.05) is 6.07 Å². The maximum atomic E-state index is 5.59. The number of nitrogens with zero attached hydrogens (tertiary/aromatic N) is 2. The summed E-state index contributed by atoms with van der Waals surface area (Å²) in [7, 11) is 5.28. The normalized spacial score (nSPS) is 18.4. The molecule has 1 unspecified atom stereocenters. The standard InChI is InChI=1S/C14H21N3O2/c1-17-12(9-11(16-17)6-7-15)10-4-5-13(18-2)14(8-10)19-3/h4-5,8,12H,6-7,9,15H2,1-3H3. The molecule has 0 saturated carbocycles. The van der Waals surface area contributed by atoms with E-state index in [1.54, 1.807) is 14.2 Å². The second kappa shape index (κ2) is 5.93. The Morgan fingerprint density at radius 2 is 2.05 bits per heavy atom. The van der Waals surface area contributed by atoms with Gasteiger partial charge in [0.2, 0.25) is 0 Å². The van der Waals surface area contributed by atoms with Gasteiger partial charge in [-0.25, -0.2) is 0 Å². The molecule has 1 aliphatic rings. The fraction of sp³-hybridized carbons (Fsp3) is 0.500. The Bertz CT molecular complexity index is 474. The molecule has 0 amide bonds. The quantitative estimate of drug-likeness (QED) is 0.879. The first-order valence-corrected chi connectivity index (χ1v) is 6.40. The highest BCUT2D eigenvalue weighted by molar-refractivity contribution is 5.86. The average molecular weight is 263 g/mol. The van der Waals surface area contributed by atoms with Crippen LogP contribution in [0, 0.1) is 0 Å². The van der Waals surface area contributed by atoms with Crippen LogP contribution in [0.15, 0.2) is 23.3 Å². The minimum Gasteiger partial charge on any atom is -0.493 e. The number of hydrogen-bond acceptors (Lipinski definition) is 5. The Morgan fingerprint density at radius 1 is 1.32 bits per heavy atom. The van der Waals surface area contributed by atoms with Gasteiger partial charge < -0.3 is 15.2 Å². The van der Waals surface area contributed by atoms with Crippen LogP contribution in [-0.4, -0.2) is 38.5 Å². The highest BCUT2D eigenvalue weighted by Crippen LogP contribution is 2.35. The molecule has 0 bridgehead atoms. The third-order valence-corrected chi connectivity index (χ3v) is 3.40. The molecule has 1 aromatic carbocycles. The summed E-state index contributed by atoms with van der Waals surface area (Å²) >= 11 is 0. The SMILES string of the molecule is COc1ccc(C2CC(CCN)=NN2C)cc1OC. The van der Waals surface area contributed by atoms with Crippen LogP contribution in [-0.2, 0) is 0 Å². The molecule has 5 nitrogen and oxygen atoms in total. The van der Waals surface area contributed by atoms with Crippen molar-refractivity contribution in [2.45, 2.75) is 18.9 Å². The van der Waals surface area contributed by atoms with Crippen molar-refractivity contribution in [1.29, 1.82) is 0 Å². The van der Waals surface area contributed by atoms with E-state index in [0.717, 1.165) is 30.1 Å². The van der Waals surface area contributed by atoms with Gasteiger partial charge in [0.05, 0.1) is 20.3 Å². The summed E-state index contributed by atoms with van der Waals surface area (Å²) in [4.78, 5) is 0. The Morgan fingerprint density at radius 3 is 2.68 bits per heavy atom. The molecule has 2 rings (SSSR count). The summed E-state index contributed by atoms with van der Waals surface area (Å²) in [6.45, 7) is 0.644. The van der Waals surface area contributed by atoms with Gasteiger partial charge in [-0.2, -0.15) is 5.10 Å². The minimum atomic E-state index is 0.251. The first kappa shape index (κ1) is 13.7. The van der Waals surface area contributed by atoms with Crippen LogP contribution in [0.25, 0.3) is 0 Å². The number of hydrogen-bond donors (Lipinski definition) is 1. The van der Waals surface area contributed by atoms with Crippen molar-refractivity contribution < 1.29 is 9.47 Å². The fourth-order valence-corrected chi connectivity index (χ4v) is 2.40. The summed E-state index contributed by atoms with van der Waals surface area (Å²) in [6.07, 6.45) is 1.78. The topological polar surface area (TPSA) is 60.1 Å². The predicted octanol–water partition coefficient (Wildman–Crippen LogP) is 1.79. The lowest BCUT2D eigenvalue weighted by Crippen LogP contribution is -2.14. The summed E-state index contributed by atoms with van der Waals surface area (Å²) in [5, 5.41) is 6.52. The van der Waals surface area contributed by atoms with E-state index in [4.69, 9.17) is 15.2 Å². The van der Waals surface area contributed by atoms with Crippen molar-refractivity contribution in [3.05, 3.63) is 23.8 Å². The van der Waals surface area contributed by atoms with Crippen LogP contribution in [0.3, 0.4) is 0 Å². The van der Waals surface area contributed by atoms with Crippen molar-refractivity contribution in [3.8, 4) is 11.5 Å². The smallest absolute Gasteiger partial charge is 0.161 e. The number of nitrogens with two attached hydrogens (primary N) is 1. The van der Waals surface area contributed by atoms with Crippen molar-refractivity contribution >= 4 is 5.71 Å². The average Bonchev–Trinajstić information content (AvgIpc) is 2.79. The molecule has 5 heteroatoms. The number of rotatable bonds is 5. The molecule has 1 aliphatic heterocycles. The zero-order chi connectivity index (χ0) is 13.8. The van der Waals surface area contributed by atoms with Crippen molar-refractivity contribution in [3.63, 3.8) is 0 Å². The van der Waals surface area contributed by atoms with E-state index in [1.165, 1.54) is 5.56 Å². The van der Waals surface area contributed by atoms with Crippen LogP contribution in [0.2, 0.25) is 0 Å². The van der Waals surface area contributed by atoms with Gasteiger partial charge in [0, 0.05) is 19.2 Å². The summed E-state index contributed by atoms with van der Waals surface area (Å²) in [6, 6.07) is 6.26. The van der Waals surface area contributed by atoms with Crippen molar-refractivity contribution in [2.24, 2.45) is 10.8 Å². The molecule has 1 heterocycles. The van der Waals surface area contributed by atoms with Crippen LogP contribution in [0.5, 0.6) is 11.5 Å². The third kappa shape index (κ3) is 2.81.